The Kier molecular flexibility index (Phi) is 4.13. The lowest BCUT2D eigenvalue weighted by Crippen LogP contribution is -2.25. The molecule has 0 saturated carbocycles. The third-order valence-corrected chi connectivity index (χ3v) is 4.69. The minimum absolute atomic E-state index is 0.0910. The van der Waals surface area contributed by atoms with Crippen molar-refractivity contribution in [3.05, 3.63) is 71.2 Å². The lowest BCUT2D eigenvalue weighted by atomic mass is 10.1. The summed E-state index contributed by atoms with van der Waals surface area (Å²) in [6.45, 7) is 4.44. The highest BCUT2D eigenvalue weighted by Crippen LogP contribution is 2.18. The summed E-state index contributed by atoms with van der Waals surface area (Å²) in [5.41, 5.74) is 6.28. The summed E-state index contributed by atoms with van der Waals surface area (Å²) < 4.78 is 0. The SMILES string of the molecule is Cc1nc2ccc(C(=O)NCCc3c[nH]c4ccccc34)cc2nc1C. The molecule has 26 heavy (non-hydrogen) atoms. The van der Waals surface area contributed by atoms with E-state index in [0.29, 0.717) is 12.1 Å². The molecule has 2 heterocycles. The van der Waals surface area contributed by atoms with Crippen molar-refractivity contribution in [3.8, 4) is 0 Å². The Morgan fingerprint density at radius 1 is 1.04 bits per heavy atom. The van der Waals surface area contributed by atoms with Crippen LogP contribution >= 0.6 is 0 Å². The monoisotopic (exact) mass is 344 g/mol. The molecule has 0 fully saturated rings. The number of nitrogens with zero attached hydrogens (tertiary/aromatic N) is 2. The van der Waals surface area contributed by atoms with Gasteiger partial charge in [0.15, 0.2) is 0 Å². The molecule has 0 aliphatic heterocycles. The molecule has 0 unspecified atom stereocenters. The van der Waals surface area contributed by atoms with E-state index in [1.807, 2.05) is 38.2 Å². The molecule has 0 spiro atoms. The maximum Gasteiger partial charge on any atom is 0.251 e. The number of H-pyrrole nitrogens is 1. The van der Waals surface area contributed by atoms with E-state index >= 15 is 0 Å². The number of benzene rings is 2. The number of hydrogen-bond donors (Lipinski definition) is 2. The number of aryl methyl sites for hydroxylation is 2. The molecule has 2 aromatic heterocycles. The van der Waals surface area contributed by atoms with E-state index in [1.165, 1.54) is 10.9 Å². The first-order valence-electron chi connectivity index (χ1n) is 8.70. The van der Waals surface area contributed by atoms with E-state index in [0.717, 1.165) is 34.4 Å². The Morgan fingerprint density at radius 2 is 1.81 bits per heavy atom. The fourth-order valence-corrected chi connectivity index (χ4v) is 3.12. The van der Waals surface area contributed by atoms with Crippen LogP contribution in [-0.2, 0) is 6.42 Å². The molecule has 130 valence electrons. The molecule has 5 nitrogen and oxygen atoms in total. The largest absolute Gasteiger partial charge is 0.361 e. The van der Waals surface area contributed by atoms with Crippen molar-refractivity contribution in [2.75, 3.05) is 6.54 Å². The van der Waals surface area contributed by atoms with Crippen LogP contribution in [0, 0.1) is 13.8 Å². The third-order valence-electron chi connectivity index (χ3n) is 4.69. The first-order chi connectivity index (χ1) is 12.6. The summed E-state index contributed by atoms with van der Waals surface area (Å²) in [4.78, 5) is 24.8. The van der Waals surface area contributed by atoms with Gasteiger partial charge in [0.2, 0.25) is 0 Å². The molecule has 4 aromatic rings. The molecule has 5 heteroatoms. The van der Waals surface area contributed by atoms with Gasteiger partial charge < -0.3 is 10.3 Å². The number of aromatic amines is 1. The van der Waals surface area contributed by atoms with Gasteiger partial charge in [-0.05, 0) is 50.1 Å². The molecule has 4 rings (SSSR count). The highest BCUT2D eigenvalue weighted by molar-refractivity contribution is 5.97. The number of aromatic nitrogens is 3. The van der Waals surface area contributed by atoms with Crippen LogP contribution in [-0.4, -0.2) is 27.4 Å². The number of carbonyl (C=O) groups excluding carboxylic acids is 1. The van der Waals surface area contributed by atoms with Gasteiger partial charge in [-0.25, -0.2) is 9.97 Å². The highest BCUT2D eigenvalue weighted by atomic mass is 16.1. The van der Waals surface area contributed by atoms with E-state index in [4.69, 9.17) is 0 Å². The van der Waals surface area contributed by atoms with E-state index < -0.39 is 0 Å². The standard InChI is InChI=1S/C21H20N4O/c1-13-14(2)25-20-11-15(7-8-19(20)24-13)21(26)22-10-9-16-12-23-18-6-4-3-5-17(16)18/h3-8,11-12,23H,9-10H2,1-2H3,(H,22,26). The maximum atomic E-state index is 12.5. The van der Waals surface area contributed by atoms with Gasteiger partial charge in [-0.15, -0.1) is 0 Å². The fraction of sp³-hybridized carbons (Fsp3) is 0.190. The predicted octanol–water partition coefficient (Wildman–Crippen LogP) is 3.70. The number of amides is 1. The average molecular weight is 344 g/mol. The number of fused-ring (bicyclic) bond motifs is 2. The van der Waals surface area contributed by atoms with Gasteiger partial charge in [-0.1, -0.05) is 18.2 Å². The zero-order valence-electron chi connectivity index (χ0n) is 14.8. The maximum absolute atomic E-state index is 12.5. The van der Waals surface area contributed by atoms with Gasteiger partial charge in [-0.3, -0.25) is 4.79 Å². The van der Waals surface area contributed by atoms with Crippen LogP contribution < -0.4 is 5.32 Å². The molecule has 1 amide bonds. The Morgan fingerprint density at radius 3 is 2.65 bits per heavy atom. The van der Waals surface area contributed by atoms with Gasteiger partial charge in [0.05, 0.1) is 22.4 Å². The number of rotatable bonds is 4. The van der Waals surface area contributed by atoms with Crippen molar-refractivity contribution in [1.82, 2.24) is 20.3 Å². The van der Waals surface area contributed by atoms with E-state index in [9.17, 15) is 4.79 Å². The first kappa shape index (κ1) is 16.3. The zero-order chi connectivity index (χ0) is 18.1. The lowest BCUT2D eigenvalue weighted by Gasteiger charge is -2.07. The third kappa shape index (κ3) is 3.04. The smallest absolute Gasteiger partial charge is 0.251 e. The molecular formula is C21H20N4O. The number of nitrogens with one attached hydrogen (secondary N) is 2. The Labute approximate surface area is 151 Å². The molecule has 0 radical (unpaired) electrons. The van der Waals surface area contributed by atoms with Crippen LogP contribution in [0.25, 0.3) is 21.9 Å². The van der Waals surface area contributed by atoms with Crippen molar-refractivity contribution in [2.45, 2.75) is 20.3 Å². The molecule has 0 aliphatic carbocycles. The van der Waals surface area contributed by atoms with Crippen LogP contribution in [0.2, 0.25) is 0 Å². The van der Waals surface area contributed by atoms with Crippen LogP contribution in [0.4, 0.5) is 0 Å². The predicted molar refractivity (Wildman–Crippen MR) is 103 cm³/mol. The Hall–Kier alpha value is -3.21. The minimum Gasteiger partial charge on any atom is -0.361 e. The number of para-hydroxylation sites is 1. The van der Waals surface area contributed by atoms with Crippen LogP contribution in [0.15, 0.2) is 48.7 Å². The Bertz CT molecular complexity index is 1110. The summed E-state index contributed by atoms with van der Waals surface area (Å²) in [7, 11) is 0. The number of hydrogen-bond acceptors (Lipinski definition) is 3. The molecule has 0 aliphatic rings. The van der Waals surface area contributed by atoms with Crippen molar-refractivity contribution < 1.29 is 4.79 Å². The molecular weight excluding hydrogens is 324 g/mol. The molecule has 2 N–H and O–H groups in total. The van der Waals surface area contributed by atoms with E-state index in [-0.39, 0.29) is 5.91 Å². The quantitative estimate of drug-likeness (QED) is 0.593. The highest BCUT2D eigenvalue weighted by Gasteiger charge is 2.09. The molecule has 2 aromatic carbocycles. The van der Waals surface area contributed by atoms with Crippen molar-refractivity contribution >= 4 is 27.8 Å². The molecule has 0 saturated heterocycles. The second kappa shape index (κ2) is 6.59. The number of carbonyl (C=O) groups is 1. The van der Waals surface area contributed by atoms with Gasteiger partial charge in [0.25, 0.3) is 5.91 Å². The van der Waals surface area contributed by atoms with Crippen LogP contribution in [0.1, 0.15) is 27.3 Å². The van der Waals surface area contributed by atoms with Gasteiger partial charge in [0.1, 0.15) is 0 Å². The lowest BCUT2D eigenvalue weighted by molar-refractivity contribution is 0.0954. The summed E-state index contributed by atoms with van der Waals surface area (Å²) >= 11 is 0. The van der Waals surface area contributed by atoms with Crippen molar-refractivity contribution in [1.29, 1.82) is 0 Å². The topological polar surface area (TPSA) is 70.7 Å². The van der Waals surface area contributed by atoms with E-state index in [2.05, 4.69) is 32.4 Å². The summed E-state index contributed by atoms with van der Waals surface area (Å²) in [6, 6.07) is 13.6. The summed E-state index contributed by atoms with van der Waals surface area (Å²) in [5, 5.41) is 4.19. The minimum atomic E-state index is -0.0910. The summed E-state index contributed by atoms with van der Waals surface area (Å²) in [6.07, 6.45) is 2.79. The van der Waals surface area contributed by atoms with Crippen LogP contribution in [0.5, 0.6) is 0 Å². The molecule has 0 bridgehead atoms. The fourth-order valence-electron chi connectivity index (χ4n) is 3.12. The van der Waals surface area contributed by atoms with E-state index in [1.54, 1.807) is 12.1 Å². The van der Waals surface area contributed by atoms with Gasteiger partial charge in [-0.2, -0.15) is 0 Å². The Balaban J connectivity index is 1.46. The normalized spacial score (nSPS) is 11.2. The van der Waals surface area contributed by atoms with Crippen LogP contribution in [0.3, 0.4) is 0 Å². The average Bonchev–Trinajstić information content (AvgIpc) is 3.05. The second-order valence-electron chi connectivity index (χ2n) is 6.46. The molecule has 0 atom stereocenters. The zero-order valence-corrected chi connectivity index (χ0v) is 14.8. The van der Waals surface area contributed by atoms with Crippen molar-refractivity contribution in [2.24, 2.45) is 0 Å². The summed E-state index contributed by atoms with van der Waals surface area (Å²) in [5.74, 6) is -0.0910. The van der Waals surface area contributed by atoms with Gasteiger partial charge in [0, 0.05) is 29.2 Å². The first-order valence-corrected chi connectivity index (χ1v) is 8.70. The van der Waals surface area contributed by atoms with Gasteiger partial charge >= 0.3 is 0 Å². The second-order valence-corrected chi connectivity index (χ2v) is 6.46. The van der Waals surface area contributed by atoms with Crippen molar-refractivity contribution in [3.63, 3.8) is 0 Å².